The van der Waals surface area contributed by atoms with E-state index >= 15 is 0 Å². The van der Waals surface area contributed by atoms with Gasteiger partial charge in [0.25, 0.3) is 0 Å². The van der Waals surface area contributed by atoms with Crippen LogP contribution in [0.2, 0.25) is 15.1 Å². The van der Waals surface area contributed by atoms with Gasteiger partial charge in [0.1, 0.15) is 0 Å². The largest absolute Gasteiger partial charge is 0.380 e. The van der Waals surface area contributed by atoms with Crippen LogP contribution in [0.15, 0.2) is 47.6 Å². The van der Waals surface area contributed by atoms with Gasteiger partial charge in [0.2, 0.25) is 0 Å². The number of halogens is 3. The van der Waals surface area contributed by atoms with Gasteiger partial charge < -0.3 is 10.6 Å². The zero-order chi connectivity index (χ0) is 21.1. The molecule has 0 saturated carbocycles. The number of carbonyl (C=O) groups is 1. The summed E-state index contributed by atoms with van der Waals surface area (Å²) < 4.78 is 1.81. The zero-order valence-corrected chi connectivity index (χ0v) is 17.9. The van der Waals surface area contributed by atoms with Crippen molar-refractivity contribution in [1.29, 1.82) is 0 Å². The van der Waals surface area contributed by atoms with Gasteiger partial charge in [0.15, 0.2) is 5.84 Å². The maximum absolute atomic E-state index is 12.2. The number of hydrogen-bond donors (Lipinski definition) is 1. The molecular formula is C20H17Cl3N4O2. The van der Waals surface area contributed by atoms with Gasteiger partial charge in [-0.05, 0) is 49.7 Å². The van der Waals surface area contributed by atoms with Crippen LogP contribution < -0.4 is 5.73 Å². The monoisotopic (exact) mass is 450 g/mol. The highest BCUT2D eigenvalue weighted by atomic mass is 35.5. The summed E-state index contributed by atoms with van der Waals surface area (Å²) in [7, 11) is 0. The standard InChI is InChI=1S/C20H17Cl3N4O2/c1-11-18(23)12(2)27(25-11)10-13-3-5-14(6-4-13)20(28)29-26-19(24)16-8-7-15(21)9-17(16)22/h3-9H,10H2,1-2H3,(H2,24,26). The first kappa shape index (κ1) is 21.2. The molecule has 29 heavy (non-hydrogen) atoms. The van der Waals surface area contributed by atoms with E-state index in [4.69, 9.17) is 45.4 Å². The number of aromatic nitrogens is 2. The van der Waals surface area contributed by atoms with Crippen molar-refractivity contribution in [2.75, 3.05) is 0 Å². The molecule has 0 aliphatic carbocycles. The lowest BCUT2D eigenvalue weighted by Crippen LogP contribution is -2.15. The second-order valence-electron chi connectivity index (χ2n) is 6.32. The van der Waals surface area contributed by atoms with E-state index in [1.807, 2.05) is 30.7 Å². The quantitative estimate of drug-likeness (QED) is 0.256. The fourth-order valence-corrected chi connectivity index (χ4v) is 3.28. The molecule has 0 spiro atoms. The highest BCUT2D eigenvalue weighted by Crippen LogP contribution is 2.21. The first-order valence-electron chi connectivity index (χ1n) is 8.55. The van der Waals surface area contributed by atoms with Crippen molar-refractivity contribution in [1.82, 2.24) is 9.78 Å². The van der Waals surface area contributed by atoms with E-state index in [0.717, 1.165) is 17.0 Å². The normalized spacial score (nSPS) is 11.6. The van der Waals surface area contributed by atoms with Crippen LogP contribution in [0.1, 0.15) is 32.9 Å². The summed E-state index contributed by atoms with van der Waals surface area (Å²) >= 11 is 18.1. The topological polar surface area (TPSA) is 82.5 Å². The molecule has 0 bridgehead atoms. The molecule has 150 valence electrons. The molecule has 2 N–H and O–H groups in total. The Morgan fingerprint density at radius 2 is 1.83 bits per heavy atom. The van der Waals surface area contributed by atoms with Crippen LogP contribution in [0.3, 0.4) is 0 Å². The van der Waals surface area contributed by atoms with Crippen LogP contribution in [-0.2, 0) is 11.4 Å². The van der Waals surface area contributed by atoms with E-state index in [9.17, 15) is 4.79 Å². The molecule has 0 aliphatic heterocycles. The van der Waals surface area contributed by atoms with Crippen molar-refractivity contribution in [3.63, 3.8) is 0 Å². The number of amidine groups is 1. The van der Waals surface area contributed by atoms with Gasteiger partial charge >= 0.3 is 5.97 Å². The summed E-state index contributed by atoms with van der Waals surface area (Å²) in [4.78, 5) is 17.1. The van der Waals surface area contributed by atoms with Gasteiger partial charge in [-0.3, -0.25) is 4.68 Å². The smallest absolute Gasteiger partial charge is 0.365 e. The highest BCUT2D eigenvalue weighted by molar-refractivity contribution is 6.36. The van der Waals surface area contributed by atoms with Crippen LogP contribution in [0.5, 0.6) is 0 Å². The first-order chi connectivity index (χ1) is 13.8. The van der Waals surface area contributed by atoms with Gasteiger partial charge in [0.05, 0.1) is 33.5 Å². The Labute approximate surface area is 182 Å². The minimum absolute atomic E-state index is 0.0296. The van der Waals surface area contributed by atoms with Crippen molar-refractivity contribution in [3.8, 4) is 0 Å². The minimum atomic E-state index is -0.640. The van der Waals surface area contributed by atoms with Gasteiger partial charge in [-0.25, -0.2) is 4.79 Å². The number of benzene rings is 2. The number of carbonyl (C=O) groups excluding carboxylic acids is 1. The molecule has 9 heteroatoms. The van der Waals surface area contributed by atoms with Gasteiger partial charge in [0, 0.05) is 10.6 Å². The Hall–Kier alpha value is -2.54. The predicted octanol–water partition coefficient (Wildman–Crippen LogP) is 4.99. The Morgan fingerprint density at radius 1 is 1.14 bits per heavy atom. The summed E-state index contributed by atoms with van der Waals surface area (Å²) in [6.45, 7) is 4.30. The fraction of sp³-hybridized carbons (Fsp3) is 0.150. The summed E-state index contributed by atoms with van der Waals surface area (Å²) in [6, 6.07) is 11.6. The maximum Gasteiger partial charge on any atom is 0.365 e. The lowest BCUT2D eigenvalue weighted by Gasteiger charge is -2.06. The number of nitrogens with two attached hydrogens (primary N) is 1. The summed E-state index contributed by atoms with van der Waals surface area (Å²) in [5.41, 5.74) is 9.21. The van der Waals surface area contributed by atoms with Crippen LogP contribution in [-0.4, -0.2) is 21.6 Å². The minimum Gasteiger partial charge on any atom is -0.380 e. The summed E-state index contributed by atoms with van der Waals surface area (Å²) in [5, 5.41) is 9.49. The summed E-state index contributed by atoms with van der Waals surface area (Å²) in [5.74, 6) is -0.670. The van der Waals surface area contributed by atoms with Crippen molar-refractivity contribution in [3.05, 3.63) is 85.6 Å². The molecule has 0 radical (unpaired) electrons. The van der Waals surface area contributed by atoms with E-state index in [1.54, 1.807) is 24.3 Å². The number of nitrogens with zero attached hydrogens (tertiary/aromatic N) is 3. The molecule has 3 aromatic rings. The molecular weight excluding hydrogens is 435 g/mol. The number of oxime groups is 1. The van der Waals surface area contributed by atoms with Crippen molar-refractivity contribution < 1.29 is 9.63 Å². The van der Waals surface area contributed by atoms with Crippen LogP contribution in [0, 0.1) is 13.8 Å². The first-order valence-corrected chi connectivity index (χ1v) is 9.68. The molecule has 6 nitrogen and oxygen atoms in total. The summed E-state index contributed by atoms with van der Waals surface area (Å²) in [6.07, 6.45) is 0. The molecule has 2 aromatic carbocycles. The molecule has 0 aliphatic rings. The second-order valence-corrected chi connectivity index (χ2v) is 7.54. The zero-order valence-electron chi connectivity index (χ0n) is 15.6. The third-order valence-electron chi connectivity index (χ3n) is 4.25. The number of hydrogen-bond acceptors (Lipinski definition) is 4. The molecule has 0 fully saturated rings. The molecule has 3 rings (SSSR count). The van der Waals surface area contributed by atoms with Crippen LogP contribution in [0.25, 0.3) is 0 Å². The van der Waals surface area contributed by atoms with Gasteiger partial charge in [-0.15, -0.1) is 0 Å². The average Bonchev–Trinajstić information content (AvgIpc) is 2.93. The van der Waals surface area contributed by atoms with Crippen LogP contribution >= 0.6 is 34.8 Å². The van der Waals surface area contributed by atoms with Crippen molar-refractivity contribution in [2.45, 2.75) is 20.4 Å². The molecule has 1 aromatic heterocycles. The molecule has 0 atom stereocenters. The second kappa shape index (κ2) is 8.86. The van der Waals surface area contributed by atoms with E-state index in [1.165, 1.54) is 6.07 Å². The van der Waals surface area contributed by atoms with Crippen LogP contribution in [0.4, 0.5) is 0 Å². The van der Waals surface area contributed by atoms with E-state index < -0.39 is 5.97 Å². The SMILES string of the molecule is Cc1nn(Cc2ccc(C(=O)O/N=C(\N)c3ccc(Cl)cc3Cl)cc2)c(C)c1Cl. The molecule has 1 heterocycles. The third-order valence-corrected chi connectivity index (χ3v) is 5.34. The van der Waals surface area contributed by atoms with Gasteiger partial charge in [-0.2, -0.15) is 5.10 Å². The number of aryl methyl sites for hydroxylation is 1. The Kier molecular flexibility index (Phi) is 6.47. The number of rotatable bonds is 5. The lowest BCUT2D eigenvalue weighted by molar-refractivity contribution is 0.0516. The van der Waals surface area contributed by atoms with Crippen molar-refractivity contribution >= 4 is 46.6 Å². The van der Waals surface area contributed by atoms with E-state index in [2.05, 4.69) is 10.3 Å². The third kappa shape index (κ3) is 4.90. The molecule has 0 saturated heterocycles. The lowest BCUT2D eigenvalue weighted by atomic mass is 10.1. The maximum atomic E-state index is 12.2. The Morgan fingerprint density at radius 3 is 2.41 bits per heavy atom. The Balaban J connectivity index is 1.67. The van der Waals surface area contributed by atoms with Crippen molar-refractivity contribution in [2.24, 2.45) is 10.9 Å². The molecule has 0 amide bonds. The average molecular weight is 452 g/mol. The Bertz CT molecular complexity index is 1090. The highest BCUT2D eigenvalue weighted by Gasteiger charge is 2.12. The van der Waals surface area contributed by atoms with Gasteiger partial charge in [-0.1, -0.05) is 52.1 Å². The molecule has 0 unspecified atom stereocenters. The van der Waals surface area contributed by atoms with E-state index in [0.29, 0.717) is 32.7 Å². The fourth-order valence-electron chi connectivity index (χ4n) is 2.64. The van der Waals surface area contributed by atoms with E-state index in [-0.39, 0.29) is 5.84 Å². The predicted molar refractivity (Wildman–Crippen MR) is 115 cm³/mol.